The SMILES string of the molecule is CCCc1c(NCC)ncnc1Nc1ccccc1OC. The van der Waals surface area contributed by atoms with Crippen LogP contribution in [0.1, 0.15) is 25.8 Å². The van der Waals surface area contributed by atoms with Crippen molar-refractivity contribution in [3.05, 3.63) is 36.2 Å². The van der Waals surface area contributed by atoms with Crippen LogP contribution in [0, 0.1) is 0 Å². The molecule has 5 nitrogen and oxygen atoms in total. The van der Waals surface area contributed by atoms with Gasteiger partial charge >= 0.3 is 0 Å². The summed E-state index contributed by atoms with van der Waals surface area (Å²) in [6.45, 7) is 5.04. The first-order valence-corrected chi connectivity index (χ1v) is 7.27. The molecule has 0 atom stereocenters. The van der Waals surface area contributed by atoms with Crippen molar-refractivity contribution in [2.45, 2.75) is 26.7 Å². The lowest BCUT2D eigenvalue weighted by Crippen LogP contribution is -2.08. The van der Waals surface area contributed by atoms with Crippen molar-refractivity contribution in [2.75, 3.05) is 24.3 Å². The molecule has 1 aromatic heterocycles. The van der Waals surface area contributed by atoms with Crippen molar-refractivity contribution in [2.24, 2.45) is 0 Å². The van der Waals surface area contributed by atoms with Crippen molar-refractivity contribution in [3.63, 3.8) is 0 Å². The van der Waals surface area contributed by atoms with Crippen LogP contribution in [0.5, 0.6) is 5.75 Å². The van der Waals surface area contributed by atoms with Crippen LogP contribution in [0.3, 0.4) is 0 Å². The van der Waals surface area contributed by atoms with Gasteiger partial charge in [0, 0.05) is 12.1 Å². The molecule has 21 heavy (non-hydrogen) atoms. The van der Waals surface area contributed by atoms with Crippen LogP contribution in [0.4, 0.5) is 17.3 Å². The van der Waals surface area contributed by atoms with Gasteiger partial charge in [0.1, 0.15) is 23.7 Å². The Morgan fingerprint density at radius 3 is 2.57 bits per heavy atom. The second-order valence-electron chi connectivity index (χ2n) is 4.66. The molecule has 1 aromatic carbocycles. The topological polar surface area (TPSA) is 59.1 Å². The van der Waals surface area contributed by atoms with E-state index in [9.17, 15) is 0 Å². The normalized spacial score (nSPS) is 10.2. The van der Waals surface area contributed by atoms with E-state index >= 15 is 0 Å². The molecule has 0 saturated heterocycles. The van der Waals surface area contributed by atoms with Gasteiger partial charge in [-0.1, -0.05) is 25.5 Å². The van der Waals surface area contributed by atoms with E-state index in [1.54, 1.807) is 13.4 Å². The molecule has 0 amide bonds. The maximum Gasteiger partial charge on any atom is 0.142 e. The van der Waals surface area contributed by atoms with Crippen LogP contribution in [-0.4, -0.2) is 23.6 Å². The third-order valence-corrected chi connectivity index (χ3v) is 3.15. The molecular weight excluding hydrogens is 264 g/mol. The summed E-state index contributed by atoms with van der Waals surface area (Å²) in [5, 5.41) is 6.65. The van der Waals surface area contributed by atoms with Crippen LogP contribution < -0.4 is 15.4 Å². The molecule has 0 aliphatic heterocycles. The Bertz CT molecular complexity index is 586. The number of hydrogen-bond donors (Lipinski definition) is 2. The minimum Gasteiger partial charge on any atom is -0.495 e. The van der Waals surface area contributed by atoms with Gasteiger partial charge in [-0.2, -0.15) is 0 Å². The zero-order chi connectivity index (χ0) is 15.1. The second kappa shape index (κ2) is 7.47. The quantitative estimate of drug-likeness (QED) is 0.814. The molecule has 0 bridgehead atoms. The molecule has 0 spiro atoms. The van der Waals surface area contributed by atoms with Crippen molar-refractivity contribution in [1.82, 2.24) is 9.97 Å². The van der Waals surface area contributed by atoms with Crippen LogP contribution in [0.2, 0.25) is 0 Å². The molecule has 2 aromatic rings. The van der Waals surface area contributed by atoms with Gasteiger partial charge in [-0.25, -0.2) is 9.97 Å². The molecule has 2 N–H and O–H groups in total. The van der Waals surface area contributed by atoms with Crippen molar-refractivity contribution >= 4 is 17.3 Å². The molecule has 2 rings (SSSR count). The molecule has 0 aliphatic rings. The minimum absolute atomic E-state index is 0.795. The van der Waals surface area contributed by atoms with E-state index < -0.39 is 0 Å². The maximum atomic E-state index is 5.37. The smallest absolute Gasteiger partial charge is 0.142 e. The number of ether oxygens (including phenoxy) is 1. The van der Waals surface area contributed by atoms with Crippen molar-refractivity contribution in [1.29, 1.82) is 0 Å². The highest BCUT2D eigenvalue weighted by atomic mass is 16.5. The molecule has 0 unspecified atom stereocenters. The summed E-state index contributed by atoms with van der Waals surface area (Å²) in [7, 11) is 1.66. The van der Waals surface area contributed by atoms with Gasteiger partial charge < -0.3 is 15.4 Å². The summed E-state index contributed by atoms with van der Waals surface area (Å²) in [4.78, 5) is 8.73. The lowest BCUT2D eigenvalue weighted by molar-refractivity contribution is 0.417. The van der Waals surface area contributed by atoms with E-state index in [1.165, 1.54) is 0 Å². The predicted octanol–water partition coefficient (Wildman–Crippen LogP) is 3.61. The molecule has 1 heterocycles. The van der Waals surface area contributed by atoms with Crippen LogP contribution in [-0.2, 0) is 6.42 Å². The summed E-state index contributed by atoms with van der Waals surface area (Å²) < 4.78 is 5.37. The lowest BCUT2D eigenvalue weighted by Gasteiger charge is -2.16. The second-order valence-corrected chi connectivity index (χ2v) is 4.66. The van der Waals surface area contributed by atoms with Crippen LogP contribution in [0.15, 0.2) is 30.6 Å². The van der Waals surface area contributed by atoms with Gasteiger partial charge in [0.15, 0.2) is 0 Å². The van der Waals surface area contributed by atoms with Gasteiger partial charge in [-0.3, -0.25) is 0 Å². The Balaban J connectivity index is 2.36. The van der Waals surface area contributed by atoms with E-state index in [0.29, 0.717) is 0 Å². The highest BCUT2D eigenvalue weighted by Gasteiger charge is 2.12. The number of aromatic nitrogens is 2. The van der Waals surface area contributed by atoms with Crippen LogP contribution in [0.25, 0.3) is 0 Å². The van der Waals surface area contributed by atoms with Gasteiger partial charge in [-0.15, -0.1) is 0 Å². The number of anilines is 3. The fraction of sp³-hybridized carbons (Fsp3) is 0.375. The lowest BCUT2D eigenvalue weighted by atomic mass is 10.1. The third kappa shape index (κ3) is 3.62. The monoisotopic (exact) mass is 286 g/mol. The Morgan fingerprint density at radius 2 is 1.86 bits per heavy atom. The summed E-state index contributed by atoms with van der Waals surface area (Å²) in [5.74, 6) is 2.52. The average Bonchev–Trinajstić information content (AvgIpc) is 2.51. The fourth-order valence-electron chi connectivity index (χ4n) is 2.20. The Hall–Kier alpha value is -2.30. The highest BCUT2D eigenvalue weighted by molar-refractivity contribution is 5.69. The Labute approximate surface area is 125 Å². The fourth-order valence-corrected chi connectivity index (χ4v) is 2.20. The van der Waals surface area contributed by atoms with E-state index in [1.807, 2.05) is 24.3 Å². The maximum absolute atomic E-state index is 5.37. The summed E-state index contributed by atoms with van der Waals surface area (Å²) >= 11 is 0. The van der Waals surface area contributed by atoms with E-state index in [0.717, 1.165) is 48.0 Å². The molecule has 0 saturated carbocycles. The number of nitrogens with one attached hydrogen (secondary N) is 2. The van der Waals surface area contributed by atoms with Gasteiger partial charge in [-0.05, 0) is 25.5 Å². The van der Waals surface area contributed by atoms with Gasteiger partial charge in [0.05, 0.1) is 12.8 Å². The Morgan fingerprint density at radius 1 is 1.10 bits per heavy atom. The summed E-state index contributed by atoms with van der Waals surface area (Å²) in [6, 6.07) is 7.82. The first kappa shape index (κ1) is 15.1. The number of rotatable bonds is 7. The molecule has 0 radical (unpaired) electrons. The molecule has 5 heteroatoms. The van der Waals surface area contributed by atoms with Crippen LogP contribution >= 0.6 is 0 Å². The third-order valence-electron chi connectivity index (χ3n) is 3.15. The zero-order valence-corrected chi connectivity index (χ0v) is 12.8. The summed E-state index contributed by atoms with van der Waals surface area (Å²) in [5.41, 5.74) is 2.01. The number of methoxy groups -OCH3 is 1. The van der Waals surface area contributed by atoms with Crippen molar-refractivity contribution < 1.29 is 4.74 Å². The van der Waals surface area contributed by atoms with Gasteiger partial charge in [0.2, 0.25) is 0 Å². The molecule has 0 aliphatic carbocycles. The number of nitrogens with zero attached hydrogens (tertiary/aromatic N) is 2. The summed E-state index contributed by atoms with van der Waals surface area (Å²) in [6.07, 6.45) is 3.53. The predicted molar refractivity (Wildman–Crippen MR) is 86.5 cm³/mol. The standard InChI is InChI=1S/C16H22N4O/c1-4-8-12-15(17-5-2)18-11-19-16(12)20-13-9-6-7-10-14(13)21-3/h6-7,9-11H,4-5,8H2,1-3H3,(H2,17,18,19,20). The largest absolute Gasteiger partial charge is 0.495 e. The number of hydrogen-bond acceptors (Lipinski definition) is 5. The number of benzene rings is 1. The zero-order valence-electron chi connectivity index (χ0n) is 12.8. The molecule has 112 valence electrons. The van der Waals surface area contributed by atoms with E-state index in [2.05, 4.69) is 34.4 Å². The van der Waals surface area contributed by atoms with E-state index in [4.69, 9.17) is 4.74 Å². The highest BCUT2D eigenvalue weighted by Crippen LogP contribution is 2.29. The van der Waals surface area contributed by atoms with Gasteiger partial charge in [0.25, 0.3) is 0 Å². The average molecular weight is 286 g/mol. The van der Waals surface area contributed by atoms with Crippen molar-refractivity contribution in [3.8, 4) is 5.75 Å². The Kier molecular flexibility index (Phi) is 5.37. The first-order valence-electron chi connectivity index (χ1n) is 7.27. The van der Waals surface area contributed by atoms with E-state index in [-0.39, 0.29) is 0 Å². The minimum atomic E-state index is 0.795. The molecular formula is C16H22N4O. The first-order chi connectivity index (χ1) is 10.3. The molecule has 0 fully saturated rings. The number of para-hydroxylation sites is 2.